The standard InChI is InChI=1S/C15H20N4O/c1-12-9-14(20-13(12)2)11-18-5-7-19(8-6-18)15-10-16-3-4-17-15/h3-4,9-10H,5-8,11H2,1-2H3. The summed E-state index contributed by atoms with van der Waals surface area (Å²) in [6.45, 7) is 9.02. The topological polar surface area (TPSA) is 45.4 Å². The van der Waals surface area contributed by atoms with Crippen molar-refractivity contribution < 1.29 is 4.42 Å². The summed E-state index contributed by atoms with van der Waals surface area (Å²) in [6.07, 6.45) is 5.28. The molecule has 20 heavy (non-hydrogen) atoms. The van der Waals surface area contributed by atoms with Crippen LogP contribution in [0.1, 0.15) is 17.1 Å². The van der Waals surface area contributed by atoms with Gasteiger partial charge in [0.15, 0.2) is 0 Å². The average Bonchev–Trinajstić information content (AvgIpc) is 2.79. The van der Waals surface area contributed by atoms with Gasteiger partial charge in [-0.2, -0.15) is 0 Å². The highest BCUT2D eigenvalue weighted by molar-refractivity contribution is 5.35. The van der Waals surface area contributed by atoms with Crippen molar-refractivity contribution in [2.45, 2.75) is 20.4 Å². The van der Waals surface area contributed by atoms with Crippen molar-refractivity contribution in [1.82, 2.24) is 14.9 Å². The molecule has 0 aliphatic carbocycles. The van der Waals surface area contributed by atoms with E-state index in [1.54, 1.807) is 12.4 Å². The minimum atomic E-state index is 0.892. The van der Waals surface area contributed by atoms with E-state index in [1.807, 2.05) is 13.1 Å². The van der Waals surface area contributed by atoms with Gasteiger partial charge in [0.2, 0.25) is 0 Å². The Morgan fingerprint density at radius 1 is 1.15 bits per heavy atom. The fourth-order valence-corrected chi connectivity index (χ4v) is 2.54. The van der Waals surface area contributed by atoms with Gasteiger partial charge in [-0.15, -0.1) is 0 Å². The fourth-order valence-electron chi connectivity index (χ4n) is 2.54. The van der Waals surface area contributed by atoms with E-state index in [0.29, 0.717) is 0 Å². The largest absolute Gasteiger partial charge is 0.465 e. The second-order valence-electron chi connectivity index (χ2n) is 5.28. The first-order valence-electron chi connectivity index (χ1n) is 7.01. The van der Waals surface area contributed by atoms with Crippen molar-refractivity contribution in [1.29, 1.82) is 0 Å². The lowest BCUT2D eigenvalue weighted by Gasteiger charge is -2.34. The zero-order valence-corrected chi connectivity index (χ0v) is 12.0. The highest BCUT2D eigenvalue weighted by atomic mass is 16.3. The Morgan fingerprint density at radius 3 is 2.55 bits per heavy atom. The maximum atomic E-state index is 5.75. The zero-order valence-electron chi connectivity index (χ0n) is 12.0. The van der Waals surface area contributed by atoms with E-state index in [2.05, 4.69) is 32.8 Å². The zero-order chi connectivity index (χ0) is 13.9. The number of aromatic nitrogens is 2. The van der Waals surface area contributed by atoms with Gasteiger partial charge in [0.25, 0.3) is 0 Å². The fraction of sp³-hybridized carbons (Fsp3) is 0.467. The summed E-state index contributed by atoms with van der Waals surface area (Å²) in [4.78, 5) is 13.2. The van der Waals surface area contributed by atoms with Crippen LogP contribution in [-0.4, -0.2) is 41.0 Å². The van der Waals surface area contributed by atoms with E-state index in [-0.39, 0.29) is 0 Å². The average molecular weight is 272 g/mol. The second-order valence-corrected chi connectivity index (χ2v) is 5.28. The molecular weight excluding hydrogens is 252 g/mol. The first kappa shape index (κ1) is 13.1. The third kappa shape index (κ3) is 2.82. The summed E-state index contributed by atoms with van der Waals surface area (Å²) < 4.78 is 5.75. The van der Waals surface area contributed by atoms with Crippen LogP contribution in [0.5, 0.6) is 0 Å². The van der Waals surface area contributed by atoms with Crippen molar-refractivity contribution in [3.63, 3.8) is 0 Å². The Kier molecular flexibility index (Phi) is 3.69. The minimum absolute atomic E-state index is 0.892. The molecule has 2 aromatic rings. The molecule has 3 rings (SSSR count). The van der Waals surface area contributed by atoms with Gasteiger partial charge in [-0.3, -0.25) is 9.88 Å². The number of anilines is 1. The lowest BCUT2D eigenvalue weighted by Crippen LogP contribution is -2.46. The third-order valence-electron chi connectivity index (χ3n) is 3.84. The normalized spacial score (nSPS) is 16.6. The van der Waals surface area contributed by atoms with Gasteiger partial charge in [0, 0.05) is 38.6 Å². The molecule has 3 heterocycles. The molecule has 5 heteroatoms. The Morgan fingerprint density at radius 2 is 1.95 bits per heavy atom. The Labute approximate surface area is 119 Å². The number of aryl methyl sites for hydroxylation is 2. The summed E-state index contributed by atoms with van der Waals surface area (Å²) >= 11 is 0. The van der Waals surface area contributed by atoms with E-state index >= 15 is 0 Å². The van der Waals surface area contributed by atoms with Crippen molar-refractivity contribution >= 4 is 5.82 Å². The summed E-state index contributed by atoms with van der Waals surface area (Å²) in [6, 6.07) is 2.14. The van der Waals surface area contributed by atoms with Crippen molar-refractivity contribution in [3.05, 3.63) is 41.7 Å². The molecule has 1 saturated heterocycles. The van der Waals surface area contributed by atoms with Crippen molar-refractivity contribution in [2.24, 2.45) is 0 Å². The van der Waals surface area contributed by atoms with Crippen LogP contribution < -0.4 is 4.90 Å². The van der Waals surface area contributed by atoms with Gasteiger partial charge in [-0.25, -0.2) is 4.98 Å². The Bertz CT molecular complexity index is 539. The monoisotopic (exact) mass is 272 g/mol. The molecule has 0 saturated carbocycles. The van der Waals surface area contributed by atoms with Gasteiger partial charge in [0.05, 0.1) is 12.7 Å². The summed E-state index contributed by atoms with van der Waals surface area (Å²) in [5.74, 6) is 3.06. The van der Waals surface area contributed by atoms with E-state index in [4.69, 9.17) is 4.42 Å². The molecule has 2 aromatic heterocycles. The van der Waals surface area contributed by atoms with Gasteiger partial charge in [-0.1, -0.05) is 0 Å². The molecule has 0 unspecified atom stereocenters. The molecule has 0 bridgehead atoms. The molecule has 1 aliphatic rings. The smallest absolute Gasteiger partial charge is 0.147 e. The van der Waals surface area contributed by atoms with Gasteiger partial charge < -0.3 is 9.32 Å². The number of nitrogens with zero attached hydrogens (tertiary/aromatic N) is 4. The van der Waals surface area contributed by atoms with Crippen LogP contribution in [0.25, 0.3) is 0 Å². The lowest BCUT2D eigenvalue weighted by molar-refractivity contribution is 0.229. The molecule has 1 fully saturated rings. The number of hydrogen-bond acceptors (Lipinski definition) is 5. The van der Waals surface area contributed by atoms with Gasteiger partial charge in [-0.05, 0) is 25.5 Å². The van der Waals surface area contributed by atoms with Crippen LogP contribution in [-0.2, 0) is 6.54 Å². The molecule has 0 atom stereocenters. The van der Waals surface area contributed by atoms with Crippen LogP contribution in [0.3, 0.4) is 0 Å². The van der Waals surface area contributed by atoms with Crippen molar-refractivity contribution in [3.8, 4) is 0 Å². The maximum absolute atomic E-state index is 5.75. The summed E-state index contributed by atoms with van der Waals surface area (Å²) in [7, 11) is 0. The molecule has 0 radical (unpaired) electrons. The van der Waals surface area contributed by atoms with Crippen LogP contribution in [0, 0.1) is 13.8 Å². The number of piperazine rings is 1. The molecule has 0 spiro atoms. The first-order chi connectivity index (χ1) is 9.72. The molecule has 1 aliphatic heterocycles. The van der Waals surface area contributed by atoms with Crippen LogP contribution in [0.4, 0.5) is 5.82 Å². The predicted molar refractivity (Wildman–Crippen MR) is 77.7 cm³/mol. The van der Waals surface area contributed by atoms with Crippen LogP contribution >= 0.6 is 0 Å². The summed E-state index contributed by atoms with van der Waals surface area (Å²) in [5, 5.41) is 0. The molecule has 5 nitrogen and oxygen atoms in total. The molecule has 106 valence electrons. The van der Waals surface area contributed by atoms with E-state index in [0.717, 1.165) is 50.1 Å². The lowest BCUT2D eigenvalue weighted by atomic mass is 10.2. The van der Waals surface area contributed by atoms with Gasteiger partial charge >= 0.3 is 0 Å². The van der Waals surface area contributed by atoms with E-state index < -0.39 is 0 Å². The molecule has 0 aromatic carbocycles. The number of rotatable bonds is 3. The SMILES string of the molecule is Cc1cc(CN2CCN(c3cnccn3)CC2)oc1C. The van der Waals surface area contributed by atoms with E-state index in [1.165, 1.54) is 5.56 Å². The second kappa shape index (κ2) is 5.63. The minimum Gasteiger partial charge on any atom is -0.465 e. The predicted octanol–water partition coefficient (Wildman–Crippen LogP) is 2.01. The van der Waals surface area contributed by atoms with Crippen molar-refractivity contribution in [2.75, 3.05) is 31.1 Å². The highest BCUT2D eigenvalue weighted by Crippen LogP contribution is 2.17. The molecular formula is C15H20N4O. The number of furan rings is 1. The molecule has 0 N–H and O–H groups in total. The maximum Gasteiger partial charge on any atom is 0.147 e. The Balaban J connectivity index is 1.56. The molecule has 0 amide bonds. The van der Waals surface area contributed by atoms with E-state index in [9.17, 15) is 0 Å². The quantitative estimate of drug-likeness (QED) is 0.855. The van der Waals surface area contributed by atoms with Gasteiger partial charge in [0.1, 0.15) is 17.3 Å². The Hall–Kier alpha value is -1.88. The number of hydrogen-bond donors (Lipinski definition) is 0. The summed E-state index contributed by atoms with van der Waals surface area (Å²) in [5.41, 5.74) is 1.23. The third-order valence-corrected chi connectivity index (χ3v) is 3.84. The van der Waals surface area contributed by atoms with Crippen LogP contribution in [0.2, 0.25) is 0 Å². The van der Waals surface area contributed by atoms with Crippen LogP contribution in [0.15, 0.2) is 29.1 Å². The highest BCUT2D eigenvalue weighted by Gasteiger charge is 2.19. The first-order valence-corrected chi connectivity index (χ1v) is 7.01.